The number of nitrogens with zero attached hydrogens (tertiary/aromatic N) is 1. The summed E-state index contributed by atoms with van der Waals surface area (Å²) < 4.78 is 10.5. The summed E-state index contributed by atoms with van der Waals surface area (Å²) in [6, 6.07) is 10.9. The smallest absolute Gasteiger partial charge is 0.258 e. The molecule has 0 saturated heterocycles. The molecule has 0 aliphatic carbocycles. The van der Waals surface area contributed by atoms with E-state index in [-0.39, 0.29) is 5.91 Å². The molecule has 0 aromatic heterocycles. The molecular formula is C19H21NO4. The van der Waals surface area contributed by atoms with Crippen molar-refractivity contribution >= 4 is 11.6 Å². The van der Waals surface area contributed by atoms with E-state index in [1.54, 1.807) is 37.3 Å². The first-order valence-electron chi connectivity index (χ1n) is 7.87. The van der Waals surface area contributed by atoms with Crippen molar-refractivity contribution in [1.29, 1.82) is 0 Å². The van der Waals surface area contributed by atoms with Crippen LogP contribution < -0.4 is 14.4 Å². The fourth-order valence-corrected chi connectivity index (χ4v) is 3.13. The second-order valence-corrected chi connectivity index (χ2v) is 5.88. The molecule has 2 aromatic rings. The number of para-hydroxylation sites is 1. The molecule has 3 rings (SSSR count). The average Bonchev–Trinajstić information content (AvgIpc) is 2.61. The van der Waals surface area contributed by atoms with Crippen LogP contribution in [0.15, 0.2) is 36.4 Å². The molecule has 1 amide bonds. The highest BCUT2D eigenvalue weighted by Gasteiger charge is 2.29. The Balaban J connectivity index is 2.05. The van der Waals surface area contributed by atoms with E-state index in [9.17, 15) is 9.90 Å². The fourth-order valence-electron chi connectivity index (χ4n) is 3.13. The van der Waals surface area contributed by atoms with Gasteiger partial charge in [-0.2, -0.15) is 0 Å². The van der Waals surface area contributed by atoms with Gasteiger partial charge in [0.25, 0.3) is 5.91 Å². The number of carbonyl (C=O) groups excluding carboxylic acids is 1. The molecule has 0 saturated carbocycles. The molecule has 1 aliphatic rings. The maximum absolute atomic E-state index is 13.1. The lowest BCUT2D eigenvalue weighted by atomic mass is 9.95. The number of ether oxygens (including phenoxy) is 2. The maximum Gasteiger partial charge on any atom is 0.258 e. The third-order valence-electron chi connectivity index (χ3n) is 4.37. The minimum absolute atomic E-state index is 0.130. The van der Waals surface area contributed by atoms with E-state index in [1.807, 2.05) is 25.1 Å². The summed E-state index contributed by atoms with van der Waals surface area (Å²) in [5.74, 6) is 1.01. The van der Waals surface area contributed by atoms with E-state index in [2.05, 4.69) is 0 Å². The van der Waals surface area contributed by atoms with Gasteiger partial charge in [-0.1, -0.05) is 18.2 Å². The lowest BCUT2D eigenvalue weighted by Crippen LogP contribution is -2.37. The summed E-state index contributed by atoms with van der Waals surface area (Å²) in [6.45, 7) is 2.42. The van der Waals surface area contributed by atoms with E-state index in [0.29, 0.717) is 30.0 Å². The van der Waals surface area contributed by atoms with Crippen molar-refractivity contribution in [3.05, 3.63) is 53.1 Å². The molecule has 1 N–H and O–H groups in total. The number of fused-ring (bicyclic) bond motifs is 1. The maximum atomic E-state index is 13.1. The Morgan fingerprint density at radius 2 is 1.83 bits per heavy atom. The van der Waals surface area contributed by atoms with Gasteiger partial charge in [-0.25, -0.2) is 0 Å². The van der Waals surface area contributed by atoms with Gasteiger partial charge in [-0.05, 0) is 31.0 Å². The van der Waals surface area contributed by atoms with E-state index < -0.39 is 6.10 Å². The molecule has 0 bridgehead atoms. The van der Waals surface area contributed by atoms with E-state index >= 15 is 0 Å². The summed E-state index contributed by atoms with van der Waals surface area (Å²) >= 11 is 0. The standard InChI is InChI=1S/C19H21NO4/c1-12-5-4-6-16-17(21)7-8-20(18(12)16)19(22)13-9-14(23-2)11-15(10-13)24-3/h4-6,9-11,17,21H,7-8H2,1-3H3. The highest BCUT2D eigenvalue weighted by molar-refractivity contribution is 6.07. The number of carbonyl (C=O) groups is 1. The number of aryl methyl sites for hydroxylation is 1. The van der Waals surface area contributed by atoms with Gasteiger partial charge in [0, 0.05) is 23.7 Å². The van der Waals surface area contributed by atoms with Crippen LogP contribution in [-0.4, -0.2) is 31.8 Å². The van der Waals surface area contributed by atoms with E-state index in [1.165, 1.54) is 0 Å². The Hall–Kier alpha value is -2.53. The quantitative estimate of drug-likeness (QED) is 0.941. The minimum Gasteiger partial charge on any atom is -0.497 e. The van der Waals surface area contributed by atoms with Crippen molar-refractivity contribution in [2.75, 3.05) is 25.7 Å². The highest BCUT2D eigenvalue weighted by atomic mass is 16.5. The average molecular weight is 327 g/mol. The summed E-state index contributed by atoms with van der Waals surface area (Å²) in [7, 11) is 3.11. The van der Waals surface area contributed by atoms with Crippen molar-refractivity contribution in [3.63, 3.8) is 0 Å². The summed E-state index contributed by atoms with van der Waals surface area (Å²) in [6.07, 6.45) is -0.0210. The molecule has 0 fully saturated rings. The Bertz CT molecular complexity index is 750. The summed E-state index contributed by atoms with van der Waals surface area (Å²) in [5, 5.41) is 10.2. The number of methoxy groups -OCH3 is 2. The van der Waals surface area contributed by atoms with Gasteiger partial charge in [0.1, 0.15) is 11.5 Å². The van der Waals surface area contributed by atoms with Crippen LogP contribution in [0, 0.1) is 6.92 Å². The lowest BCUT2D eigenvalue weighted by Gasteiger charge is -2.33. The molecule has 5 heteroatoms. The molecule has 5 nitrogen and oxygen atoms in total. The van der Waals surface area contributed by atoms with Crippen LogP contribution in [0.5, 0.6) is 11.5 Å². The zero-order valence-corrected chi connectivity index (χ0v) is 14.1. The number of aliphatic hydroxyl groups is 1. The SMILES string of the molecule is COc1cc(OC)cc(C(=O)N2CCC(O)c3cccc(C)c32)c1. The van der Waals surface area contributed by atoms with Gasteiger partial charge in [0.15, 0.2) is 0 Å². The predicted octanol–water partition coefficient (Wildman–Crippen LogP) is 3.10. The molecule has 1 aliphatic heterocycles. The number of hydrogen-bond acceptors (Lipinski definition) is 4. The monoisotopic (exact) mass is 327 g/mol. The third-order valence-corrected chi connectivity index (χ3v) is 4.37. The Morgan fingerprint density at radius 3 is 2.46 bits per heavy atom. The minimum atomic E-state index is -0.538. The first kappa shape index (κ1) is 16.3. The number of benzene rings is 2. The lowest BCUT2D eigenvalue weighted by molar-refractivity contribution is 0.0969. The molecule has 126 valence electrons. The van der Waals surface area contributed by atoms with Gasteiger partial charge < -0.3 is 19.5 Å². The topological polar surface area (TPSA) is 59.0 Å². The van der Waals surface area contributed by atoms with Crippen LogP contribution in [0.4, 0.5) is 5.69 Å². The van der Waals surface area contributed by atoms with Gasteiger partial charge in [0.05, 0.1) is 26.0 Å². The Kier molecular flexibility index (Phi) is 4.44. The molecule has 1 atom stereocenters. The molecule has 1 heterocycles. The predicted molar refractivity (Wildman–Crippen MR) is 92.0 cm³/mol. The van der Waals surface area contributed by atoms with Crippen LogP contribution in [-0.2, 0) is 0 Å². The molecule has 0 spiro atoms. The molecule has 1 unspecified atom stereocenters. The number of aliphatic hydroxyl groups excluding tert-OH is 1. The van der Waals surface area contributed by atoms with Crippen molar-refractivity contribution in [1.82, 2.24) is 0 Å². The normalized spacial score (nSPS) is 16.5. The number of anilines is 1. The first-order valence-corrected chi connectivity index (χ1v) is 7.87. The van der Waals surface area contributed by atoms with Crippen molar-refractivity contribution in [2.24, 2.45) is 0 Å². The van der Waals surface area contributed by atoms with Crippen molar-refractivity contribution < 1.29 is 19.4 Å². The van der Waals surface area contributed by atoms with Crippen LogP contribution in [0.3, 0.4) is 0 Å². The Labute approximate surface area is 141 Å². The van der Waals surface area contributed by atoms with Crippen LogP contribution in [0.1, 0.15) is 34.0 Å². The summed E-state index contributed by atoms with van der Waals surface area (Å²) in [5.41, 5.74) is 3.05. The fraction of sp³-hybridized carbons (Fsp3) is 0.316. The molecule has 24 heavy (non-hydrogen) atoms. The number of rotatable bonds is 3. The number of amides is 1. The van der Waals surface area contributed by atoms with Gasteiger partial charge in [0.2, 0.25) is 0 Å². The molecule has 0 radical (unpaired) electrons. The Morgan fingerprint density at radius 1 is 1.17 bits per heavy atom. The van der Waals surface area contributed by atoms with Crippen molar-refractivity contribution in [3.8, 4) is 11.5 Å². The zero-order valence-electron chi connectivity index (χ0n) is 14.1. The highest BCUT2D eigenvalue weighted by Crippen LogP contribution is 2.37. The van der Waals surface area contributed by atoms with E-state index in [0.717, 1.165) is 16.8 Å². The van der Waals surface area contributed by atoms with Crippen LogP contribution >= 0.6 is 0 Å². The van der Waals surface area contributed by atoms with Crippen LogP contribution in [0.2, 0.25) is 0 Å². The van der Waals surface area contributed by atoms with E-state index in [4.69, 9.17) is 9.47 Å². The van der Waals surface area contributed by atoms with Crippen LogP contribution in [0.25, 0.3) is 0 Å². The van der Waals surface area contributed by atoms with Gasteiger partial charge in [-0.3, -0.25) is 4.79 Å². The third kappa shape index (κ3) is 2.83. The van der Waals surface area contributed by atoms with Crippen molar-refractivity contribution in [2.45, 2.75) is 19.4 Å². The number of hydrogen-bond donors (Lipinski definition) is 1. The molecule has 2 aromatic carbocycles. The zero-order chi connectivity index (χ0) is 17.3. The first-order chi connectivity index (χ1) is 11.5. The largest absolute Gasteiger partial charge is 0.497 e. The molecular weight excluding hydrogens is 306 g/mol. The van der Waals surface area contributed by atoms with Gasteiger partial charge >= 0.3 is 0 Å². The van der Waals surface area contributed by atoms with Gasteiger partial charge in [-0.15, -0.1) is 0 Å². The summed E-state index contributed by atoms with van der Waals surface area (Å²) in [4.78, 5) is 14.8. The second-order valence-electron chi connectivity index (χ2n) is 5.88. The second kappa shape index (κ2) is 6.53.